The summed E-state index contributed by atoms with van der Waals surface area (Å²) in [6, 6.07) is 11.7. The molecular weight excluding hydrogens is 342 g/mol. The molecule has 0 spiro atoms. The van der Waals surface area contributed by atoms with Crippen molar-refractivity contribution >= 4 is 11.8 Å². The van der Waals surface area contributed by atoms with Crippen LogP contribution >= 0.6 is 0 Å². The number of fused-ring (bicyclic) bond motifs is 1. The Hall–Kier alpha value is -2.76. The van der Waals surface area contributed by atoms with E-state index in [-0.39, 0.29) is 30.4 Å². The highest BCUT2D eigenvalue weighted by Crippen LogP contribution is 2.34. The molecule has 0 aliphatic carbocycles. The minimum Gasteiger partial charge on any atom is -0.497 e. The van der Waals surface area contributed by atoms with Crippen LogP contribution in [0.25, 0.3) is 0 Å². The maximum atomic E-state index is 13.2. The van der Waals surface area contributed by atoms with Crippen molar-refractivity contribution in [1.29, 1.82) is 0 Å². The average molecular weight is 369 g/mol. The van der Waals surface area contributed by atoms with Crippen LogP contribution in [0.3, 0.4) is 0 Å². The summed E-state index contributed by atoms with van der Waals surface area (Å²) in [6.07, 6.45) is 2.04. The number of methoxy groups -OCH3 is 1. The van der Waals surface area contributed by atoms with E-state index in [1.807, 2.05) is 55.3 Å². The first-order chi connectivity index (χ1) is 12.9. The van der Waals surface area contributed by atoms with Crippen molar-refractivity contribution in [2.75, 3.05) is 20.2 Å². The standard InChI is InChI=1S/C21H27N3O3/c1-15(2)24(16(3)25)14-20(26)23-12-11-22-10-6-9-19(22)21(23)17-7-5-8-18(13-17)27-4/h5-10,13,15,21H,11-12,14H2,1-4H3. The highest BCUT2D eigenvalue weighted by Gasteiger charge is 2.33. The third-order valence-corrected chi connectivity index (χ3v) is 5.10. The third kappa shape index (κ3) is 3.84. The van der Waals surface area contributed by atoms with Gasteiger partial charge in [-0.15, -0.1) is 0 Å². The molecule has 1 aromatic heterocycles. The summed E-state index contributed by atoms with van der Waals surface area (Å²) in [7, 11) is 1.64. The molecule has 1 aliphatic rings. The fraction of sp³-hybridized carbons (Fsp3) is 0.429. The fourth-order valence-electron chi connectivity index (χ4n) is 3.71. The van der Waals surface area contributed by atoms with Crippen molar-refractivity contribution in [3.8, 4) is 5.75 Å². The maximum absolute atomic E-state index is 13.2. The van der Waals surface area contributed by atoms with E-state index in [2.05, 4.69) is 10.6 Å². The van der Waals surface area contributed by atoms with Gasteiger partial charge in [-0.05, 0) is 43.7 Å². The van der Waals surface area contributed by atoms with Crippen molar-refractivity contribution in [3.63, 3.8) is 0 Å². The molecule has 6 heteroatoms. The van der Waals surface area contributed by atoms with Gasteiger partial charge in [0.25, 0.3) is 0 Å². The van der Waals surface area contributed by atoms with Gasteiger partial charge in [0, 0.05) is 37.9 Å². The predicted octanol–water partition coefficient (Wildman–Crippen LogP) is 2.69. The molecular formula is C21H27N3O3. The maximum Gasteiger partial charge on any atom is 0.243 e. The lowest BCUT2D eigenvalue weighted by Gasteiger charge is -2.39. The molecule has 0 bridgehead atoms. The van der Waals surface area contributed by atoms with Gasteiger partial charge in [-0.3, -0.25) is 9.59 Å². The second-order valence-corrected chi connectivity index (χ2v) is 7.13. The first-order valence-electron chi connectivity index (χ1n) is 9.28. The second-order valence-electron chi connectivity index (χ2n) is 7.13. The second kappa shape index (κ2) is 7.86. The van der Waals surface area contributed by atoms with Gasteiger partial charge in [0.05, 0.1) is 19.7 Å². The van der Waals surface area contributed by atoms with Crippen molar-refractivity contribution < 1.29 is 14.3 Å². The van der Waals surface area contributed by atoms with E-state index in [0.717, 1.165) is 23.6 Å². The number of aromatic nitrogens is 1. The Kier molecular flexibility index (Phi) is 5.54. The molecule has 1 unspecified atom stereocenters. The highest BCUT2D eigenvalue weighted by molar-refractivity contribution is 5.84. The molecule has 1 aliphatic heterocycles. The lowest BCUT2D eigenvalue weighted by Crippen LogP contribution is -2.49. The topological polar surface area (TPSA) is 54.8 Å². The average Bonchev–Trinajstić information content (AvgIpc) is 3.13. The minimum atomic E-state index is -0.197. The molecule has 2 aromatic rings. The van der Waals surface area contributed by atoms with Crippen LogP contribution in [-0.2, 0) is 16.1 Å². The zero-order valence-electron chi connectivity index (χ0n) is 16.4. The van der Waals surface area contributed by atoms with Crippen LogP contribution in [0, 0.1) is 0 Å². The Balaban J connectivity index is 1.95. The molecule has 144 valence electrons. The molecule has 2 heterocycles. The van der Waals surface area contributed by atoms with Gasteiger partial charge in [0.15, 0.2) is 0 Å². The quantitative estimate of drug-likeness (QED) is 0.814. The van der Waals surface area contributed by atoms with Gasteiger partial charge in [-0.1, -0.05) is 12.1 Å². The summed E-state index contributed by atoms with van der Waals surface area (Å²) >= 11 is 0. The molecule has 0 N–H and O–H groups in total. The van der Waals surface area contributed by atoms with Crippen molar-refractivity contribution in [2.24, 2.45) is 0 Å². The van der Waals surface area contributed by atoms with E-state index in [9.17, 15) is 9.59 Å². The van der Waals surface area contributed by atoms with Crippen molar-refractivity contribution in [1.82, 2.24) is 14.4 Å². The number of rotatable bonds is 5. The zero-order chi connectivity index (χ0) is 19.6. The van der Waals surface area contributed by atoms with Crippen LogP contribution in [0.5, 0.6) is 5.75 Å². The van der Waals surface area contributed by atoms with E-state index in [0.29, 0.717) is 6.54 Å². The minimum absolute atomic E-state index is 0.0182. The summed E-state index contributed by atoms with van der Waals surface area (Å²) in [5.41, 5.74) is 2.07. The summed E-state index contributed by atoms with van der Waals surface area (Å²) < 4.78 is 7.55. The Morgan fingerprint density at radius 3 is 2.67 bits per heavy atom. The molecule has 1 atom stereocenters. The SMILES string of the molecule is COc1cccc(C2c3cccn3CCN2C(=O)CN(C(C)=O)C(C)C)c1. The first-order valence-corrected chi connectivity index (χ1v) is 9.28. The van der Waals surface area contributed by atoms with Gasteiger partial charge in [-0.2, -0.15) is 0 Å². The molecule has 27 heavy (non-hydrogen) atoms. The van der Waals surface area contributed by atoms with Gasteiger partial charge < -0.3 is 19.1 Å². The summed E-state index contributed by atoms with van der Waals surface area (Å²) in [5, 5.41) is 0. The van der Waals surface area contributed by atoms with Gasteiger partial charge in [0.2, 0.25) is 11.8 Å². The zero-order valence-corrected chi connectivity index (χ0v) is 16.4. The van der Waals surface area contributed by atoms with Crippen LogP contribution in [0.2, 0.25) is 0 Å². The smallest absolute Gasteiger partial charge is 0.243 e. The van der Waals surface area contributed by atoms with Crippen LogP contribution in [0.4, 0.5) is 0 Å². The van der Waals surface area contributed by atoms with Gasteiger partial charge >= 0.3 is 0 Å². The predicted molar refractivity (Wildman–Crippen MR) is 104 cm³/mol. The number of hydrogen-bond donors (Lipinski definition) is 0. The van der Waals surface area contributed by atoms with Crippen molar-refractivity contribution in [2.45, 2.75) is 39.4 Å². The number of ether oxygens (including phenoxy) is 1. The van der Waals surface area contributed by atoms with E-state index in [4.69, 9.17) is 4.74 Å². The van der Waals surface area contributed by atoms with E-state index in [1.54, 1.807) is 12.0 Å². The lowest BCUT2D eigenvalue weighted by molar-refractivity contribution is -0.142. The molecule has 2 amide bonds. The number of carbonyl (C=O) groups excluding carboxylic acids is 2. The van der Waals surface area contributed by atoms with Crippen LogP contribution in [0.15, 0.2) is 42.6 Å². The van der Waals surface area contributed by atoms with Crippen molar-refractivity contribution in [3.05, 3.63) is 53.9 Å². The summed E-state index contributed by atoms with van der Waals surface area (Å²) in [6.45, 7) is 6.80. The van der Waals surface area contributed by atoms with Crippen LogP contribution < -0.4 is 4.74 Å². The number of nitrogens with zero attached hydrogens (tertiary/aromatic N) is 3. The summed E-state index contributed by atoms with van der Waals surface area (Å²) in [4.78, 5) is 28.6. The first kappa shape index (κ1) is 19.0. The Bertz CT molecular complexity index is 828. The Morgan fingerprint density at radius 2 is 2.00 bits per heavy atom. The number of benzene rings is 1. The fourth-order valence-corrected chi connectivity index (χ4v) is 3.71. The largest absolute Gasteiger partial charge is 0.497 e. The van der Waals surface area contributed by atoms with Crippen LogP contribution in [0.1, 0.15) is 38.1 Å². The molecule has 1 aromatic carbocycles. The van der Waals surface area contributed by atoms with Gasteiger partial charge in [-0.25, -0.2) is 0 Å². The Labute approximate surface area is 160 Å². The molecule has 0 fully saturated rings. The van der Waals surface area contributed by atoms with E-state index < -0.39 is 0 Å². The lowest BCUT2D eigenvalue weighted by atomic mass is 9.99. The molecule has 0 saturated heterocycles. The molecule has 3 rings (SSSR count). The van der Waals surface area contributed by atoms with E-state index >= 15 is 0 Å². The molecule has 0 radical (unpaired) electrons. The number of hydrogen-bond acceptors (Lipinski definition) is 3. The van der Waals surface area contributed by atoms with Crippen LogP contribution in [-0.4, -0.2) is 52.4 Å². The molecule has 0 saturated carbocycles. The molecule has 6 nitrogen and oxygen atoms in total. The summed E-state index contributed by atoms with van der Waals surface area (Å²) in [5.74, 6) is 0.631. The normalized spacial score (nSPS) is 16.2. The number of carbonyl (C=O) groups is 2. The van der Waals surface area contributed by atoms with E-state index in [1.165, 1.54) is 6.92 Å². The highest BCUT2D eigenvalue weighted by atomic mass is 16.5. The number of amides is 2. The monoisotopic (exact) mass is 369 g/mol. The Morgan fingerprint density at radius 1 is 1.22 bits per heavy atom. The van der Waals surface area contributed by atoms with Gasteiger partial charge in [0.1, 0.15) is 5.75 Å². The third-order valence-electron chi connectivity index (χ3n) is 5.10.